The summed E-state index contributed by atoms with van der Waals surface area (Å²) >= 11 is 0. The van der Waals surface area contributed by atoms with Crippen LogP contribution in [0.5, 0.6) is 0 Å². The number of hydrogen-bond acceptors (Lipinski definition) is 2. The molecule has 42 heavy (non-hydrogen) atoms. The summed E-state index contributed by atoms with van der Waals surface area (Å²) in [7, 11) is 0. The number of hydrogen-bond donors (Lipinski definition) is 0. The number of aromatic nitrogens is 1. The summed E-state index contributed by atoms with van der Waals surface area (Å²) in [6, 6.07) is 50.4. The first kappa shape index (κ1) is 22.2. The zero-order valence-corrected chi connectivity index (χ0v) is 22.7. The van der Waals surface area contributed by atoms with Crippen LogP contribution in [0.3, 0.4) is 0 Å². The molecule has 10 rings (SSSR count). The molecule has 2 aliphatic rings. The third-order valence-corrected chi connectivity index (χ3v) is 9.16. The number of nitrogens with zero attached hydrogens (tertiary/aromatic N) is 2. The van der Waals surface area contributed by atoms with Crippen LogP contribution < -0.4 is 15.8 Å². The minimum Gasteiger partial charge on any atom is -0.441 e. The van der Waals surface area contributed by atoms with Crippen LogP contribution >= 0.6 is 0 Å². The normalized spacial score (nSPS) is 13.1. The van der Waals surface area contributed by atoms with Gasteiger partial charge in [-0.3, -0.25) is 0 Å². The molecule has 0 aliphatic carbocycles. The molecule has 0 spiro atoms. The average molecular weight is 534 g/mol. The first-order valence-corrected chi connectivity index (χ1v) is 14.5. The molecule has 8 aromatic rings. The monoisotopic (exact) mass is 534 g/mol. The van der Waals surface area contributed by atoms with E-state index in [2.05, 4.69) is 149 Å². The van der Waals surface area contributed by atoms with Crippen molar-refractivity contribution < 1.29 is 4.42 Å². The molecule has 0 N–H and O–H groups in total. The predicted octanol–water partition coefficient (Wildman–Crippen LogP) is 8.63. The molecule has 0 amide bonds. The molecule has 0 atom stereocenters. The van der Waals surface area contributed by atoms with Gasteiger partial charge < -0.3 is 13.8 Å². The van der Waals surface area contributed by atoms with Gasteiger partial charge in [-0.05, 0) is 64.0 Å². The number of para-hydroxylation sites is 4. The Bertz CT molecular complexity index is 2370. The van der Waals surface area contributed by atoms with Gasteiger partial charge in [0.1, 0.15) is 5.58 Å². The summed E-state index contributed by atoms with van der Waals surface area (Å²) < 4.78 is 9.21. The maximum atomic E-state index is 6.73. The highest BCUT2D eigenvalue weighted by Gasteiger charge is 2.43. The van der Waals surface area contributed by atoms with Crippen molar-refractivity contribution >= 4 is 67.8 Å². The molecule has 0 radical (unpaired) electrons. The SMILES string of the molecule is c1ccc(-c2cc3c4c(c2)N(c2ccccc2)c2ccccc2B4n2c4oc5ccccc5c4c4cccc-3c42)cc1. The van der Waals surface area contributed by atoms with Gasteiger partial charge in [-0.1, -0.05) is 103 Å². The molecule has 4 heteroatoms. The molecule has 3 nitrogen and oxygen atoms in total. The van der Waals surface area contributed by atoms with Crippen molar-refractivity contribution in [2.75, 3.05) is 4.90 Å². The smallest absolute Gasteiger partial charge is 0.336 e. The third kappa shape index (κ3) is 2.76. The van der Waals surface area contributed by atoms with E-state index in [-0.39, 0.29) is 6.85 Å². The van der Waals surface area contributed by atoms with Gasteiger partial charge in [0.25, 0.3) is 0 Å². The summed E-state index contributed by atoms with van der Waals surface area (Å²) in [6.07, 6.45) is 0. The molecule has 194 valence electrons. The van der Waals surface area contributed by atoms with E-state index in [1.54, 1.807) is 0 Å². The Kier molecular flexibility index (Phi) is 4.26. The van der Waals surface area contributed by atoms with Crippen LogP contribution in [-0.2, 0) is 0 Å². The van der Waals surface area contributed by atoms with Gasteiger partial charge in [0.05, 0.1) is 5.39 Å². The lowest BCUT2D eigenvalue weighted by Crippen LogP contribution is -2.56. The molecule has 2 aromatic heterocycles. The zero-order valence-electron chi connectivity index (χ0n) is 22.7. The Morgan fingerprint density at radius 1 is 0.548 bits per heavy atom. The fourth-order valence-electron chi connectivity index (χ4n) is 7.49. The van der Waals surface area contributed by atoms with E-state index in [1.807, 2.05) is 0 Å². The fraction of sp³-hybridized carbons (Fsp3) is 0. The quantitative estimate of drug-likeness (QED) is 0.207. The Morgan fingerprint density at radius 3 is 2.17 bits per heavy atom. The van der Waals surface area contributed by atoms with Crippen molar-refractivity contribution in [3.05, 3.63) is 140 Å². The molecule has 2 aliphatic heterocycles. The fourth-order valence-corrected chi connectivity index (χ4v) is 7.49. The highest BCUT2D eigenvalue weighted by molar-refractivity contribution is 6.90. The van der Waals surface area contributed by atoms with Crippen molar-refractivity contribution in [3.63, 3.8) is 0 Å². The highest BCUT2D eigenvalue weighted by atomic mass is 16.3. The van der Waals surface area contributed by atoms with Crippen molar-refractivity contribution in [2.45, 2.75) is 0 Å². The number of anilines is 3. The molecule has 0 saturated carbocycles. The summed E-state index contributed by atoms with van der Waals surface area (Å²) in [5.74, 6) is 0. The van der Waals surface area contributed by atoms with Gasteiger partial charge in [0.2, 0.25) is 0 Å². The Balaban J connectivity index is 1.41. The van der Waals surface area contributed by atoms with Crippen LogP contribution in [0.2, 0.25) is 0 Å². The Morgan fingerprint density at radius 2 is 1.29 bits per heavy atom. The van der Waals surface area contributed by atoms with Crippen LogP contribution in [0, 0.1) is 0 Å². The maximum absolute atomic E-state index is 6.73. The topological polar surface area (TPSA) is 21.3 Å². The van der Waals surface area contributed by atoms with Gasteiger partial charge >= 0.3 is 6.85 Å². The van der Waals surface area contributed by atoms with E-state index >= 15 is 0 Å². The van der Waals surface area contributed by atoms with Gasteiger partial charge in [0, 0.05) is 38.9 Å². The van der Waals surface area contributed by atoms with Crippen LogP contribution in [-0.4, -0.2) is 11.3 Å². The van der Waals surface area contributed by atoms with E-state index in [0.717, 1.165) is 17.0 Å². The van der Waals surface area contributed by atoms with E-state index in [1.165, 1.54) is 66.2 Å². The van der Waals surface area contributed by atoms with Gasteiger partial charge in [-0.2, -0.15) is 0 Å². The molecule has 0 fully saturated rings. The van der Waals surface area contributed by atoms with E-state index in [9.17, 15) is 0 Å². The lowest BCUT2D eigenvalue weighted by atomic mass is 9.45. The minimum absolute atomic E-state index is 0.0218. The second kappa shape index (κ2) is 8.05. The lowest BCUT2D eigenvalue weighted by molar-refractivity contribution is 0.651. The van der Waals surface area contributed by atoms with Crippen LogP contribution in [0.25, 0.3) is 55.2 Å². The molecule has 4 heterocycles. The van der Waals surface area contributed by atoms with Gasteiger partial charge in [-0.25, -0.2) is 0 Å². The summed E-state index contributed by atoms with van der Waals surface area (Å²) in [5, 5.41) is 3.61. The number of fused-ring (bicyclic) bond motifs is 9. The second-order valence-corrected chi connectivity index (χ2v) is 11.3. The number of furan rings is 1. The summed E-state index contributed by atoms with van der Waals surface area (Å²) in [4.78, 5) is 2.45. The first-order chi connectivity index (χ1) is 20.9. The van der Waals surface area contributed by atoms with Crippen LogP contribution in [0.1, 0.15) is 0 Å². The predicted molar refractivity (Wildman–Crippen MR) is 175 cm³/mol. The second-order valence-electron chi connectivity index (χ2n) is 11.3. The maximum Gasteiger partial charge on any atom is 0.336 e. The Hall–Kier alpha value is -5.48. The number of benzene rings is 6. The lowest BCUT2D eigenvalue weighted by Gasteiger charge is -2.40. The molecule has 0 saturated heterocycles. The minimum atomic E-state index is -0.0218. The van der Waals surface area contributed by atoms with Crippen molar-refractivity contribution in [1.82, 2.24) is 4.48 Å². The van der Waals surface area contributed by atoms with Gasteiger partial charge in [0.15, 0.2) is 5.71 Å². The van der Waals surface area contributed by atoms with Crippen molar-refractivity contribution in [2.24, 2.45) is 0 Å². The Labute approximate surface area is 243 Å². The number of rotatable bonds is 2. The molecule has 0 bridgehead atoms. The van der Waals surface area contributed by atoms with Gasteiger partial charge in [-0.15, -0.1) is 0 Å². The molecule has 6 aromatic carbocycles. The third-order valence-electron chi connectivity index (χ3n) is 9.16. The molecule has 0 unspecified atom stereocenters. The highest BCUT2D eigenvalue weighted by Crippen LogP contribution is 2.48. The molecular formula is C38H23BN2O. The van der Waals surface area contributed by atoms with E-state index in [0.29, 0.717) is 0 Å². The van der Waals surface area contributed by atoms with Crippen molar-refractivity contribution in [3.8, 4) is 22.3 Å². The average Bonchev–Trinajstić information content (AvgIpc) is 3.59. The first-order valence-electron chi connectivity index (χ1n) is 14.5. The zero-order chi connectivity index (χ0) is 27.4. The van der Waals surface area contributed by atoms with Crippen molar-refractivity contribution in [1.29, 1.82) is 0 Å². The summed E-state index contributed by atoms with van der Waals surface area (Å²) in [6.45, 7) is -0.0218. The van der Waals surface area contributed by atoms with Crippen LogP contribution in [0.15, 0.2) is 144 Å². The standard InChI is InChI=1S/C38H23BN2O/c1-3-12-24(13-4-1)25-22-30-27-17-11-18-29-35-28-16-7-10-21-34(28)42-38(35)41(37(27)29)39-31-19-8-9-20-32(31)40(33(23-25)36(30)39)26-14-5-2-6-15-26/h1-23H. The molecular weight excluding hydrogens is 511 g/mol. The van der Waals surface area contributed by atoms with E-state index in [4.69, 9.17) is 4.42 Å². The summed E-state index contributed by atoms with van der Waals surface area (Å²) in [5.41, 5.74) is 14.2. The van der Waals surface area contributed by atoms with Crippen LogP contribution in [0.4, 0.5) is 17.1 Å². The largest absolute Gasteiger partial charge is 0.441 e. The van der Waals surface area contributed by atoms with E-state index < -0.39 is 0 Å².